The zero-order valence-corrected chi connectivity index (χ0v) is 9.94. The summed E-state index contributed by atoms with van der Waals surface area (Å²) < 4.78 is 0. The Morgan fingerprint density at radius 3 is 2.80 bits per heavy atom. The molecular formula is C11H22N2O2. The van der Waals surface area contributed by atoms with E-state index in [-0.39, 0.29) is 12.5 Å². The molecule has 0 saturated carbocycles. The lowest BCUT2D eigenvalue weighted by Crippen LogP contribution is -2.44. The Morgan fingerprint density at radius 2 is 2.20 bits per heavy atom. The second-order valence-electron chi connectivity index (χ2n) is 4.65. The van der Waals surface area contributed by atoms with Crippen molar-refractivity contribution in [3.63, 3.8) is 0 Å². The third-order valence-electron chi connectivity index (χ3n) is 3.13. The maximum absolute atomic E-state index is 10.7. The molecule has 88 valence electrons. The Hall–Kier alpha value is -0.610. The van der Waals surface area contributed by atoms with Gasteiger partial charge < -0.3 is 10.0 Å². The van der Waals surface area contributed by atoms with Crippen LogP contribution in [0.4, 0.5) is 0 Å². The molecular weight excluding hydrogens is 192 g/mol. The number of aliphatic carboxylic acids is 1. The van der Waals surface area contributed by atoms with Gasteiger partial charge in [-0.1, -0.05) is 0 Å². The lowest BCUT2D eigenvalue weighted by molar-refractivity contribution is -0.138. The SMILES string of the molecule is CC(CC(=O)O)N1CCCN(C)CC1C. The highest BCUT2D eigenvalue weighted by Crippen LogP contribution is 2.14. The summed E-state index contributed by atoms with van der Waals surface area (Å²) in [5, 5.41) is 8.79. The fourth-order valence-electron chi connectivity index (χ4n) is 2.42. The highest BCUT2D eigenvalue weighted by atomic mass is 16.4. The normalized spacial score (nSPS) is 27.3. The minimum atomic E-state index is -0.702. The van der Waals surface area contributed by atoms with E-state index in [1.807, 2.05) is 6.92 Å². The van der Waals surface area contributed by atoms with Gasteiger partial charge >= 0.3 is 5.97 Å². The fourth-order valence-corrected chi connectivity index (χ4v) is 2.42. The molecule has 0 radical (unpaired) electrons. The minimum Gasteiger partial charge on any atom is -0.481 e. The third-order valence-corrected chi connectivity index (χ3v) is 3.13. The molecule has 0 amide bonds. The van der Waals surface area contributed by atoms with Gasteiger partial charge in [0.2, 0.25) is 0 Å². The van der Waals surface area contributed by atoms with Crippen LogP contribution in [0.5, 0.6) is 0 Å². The van der Waals surface area contributed by atoms with Crippen LogP contribution in [-0.2, 0) is 4.79 Å². The Labute approximate surface area is 91.9 Å². The number of nitrogens with zero attached hydrogens (tertiary/aromatic N) is 2. The van der Waals surface area contributed by atoms with E-state index in [2.05, 4.69) is 23.8 Å². The van der Waals surface area contributed by atoms with E-state index in [4.69, 9.17) is 5.11 Å². The van der Waals surface area contributed by atoms with Gasteiger partial charge in [0, 0.05) is 18.6 Å². The van der Waals surface area contributed by atoms with Crippen LogP contribution in [0.3, 0.4) is 0 Å². The molecule has 0 bridgehead atoms. The zero-order chi connectivity index (χ0) is 11.4. The van der Waals surface area contributed by atoms with Crippen molar-refractivity contribution in [3.05, 3.63) is 0 Å². The highest BCUT2D eigenvalue weighted by molar-refractivity contribution is 5.67. The van der Waals surface area contributed by atoms with Gasteiger partial charge in [-0.3, -0.25) is 9.69 Å². The van der Waals surface area contributed by atoms with Crippen LogP contribution in [-0.4, -0.2) is 59.6 Å². The molecule has 4 nitrogen and oxygen atoms in total. The summed E-state index contributed by atoms with van der Waals surface area (Å²) in [6.45, 7) is 7.35. The molecule has 0 aliphatic carbocycles. The number of likely N-dealkylation sites (N-methyl/N-ethyl adjacent to an activating group) is 1. The van der Waals surface area contributed by atoms with Crippen molar-refractivity contribution in [3.8, 4) is 0 Å². The van der Waals surface area contributed by atoms with Gasteiger partial charge in [0.1, 0.15) is 0 Å². The Kier molecular flexibility index (Phi) is 4.54. The van der Waals surface area contributed by atoms with Gasteiger partial charge in [-0.15, -0.1) is 0 Å². The van der Waals surface area contributed by atoms with Crippen molar-refractivity contribution in [1.82, 2.24) is 9.80 Å². The quantitative estimate of drug-likeness (QED) is 0.757. The maximum atomic E-state index is 10.7. The second-order valence-corrected chi connectivity index (χ2v) is 4.65. The van der Waals surface area contributed by atoms with Gasteiger partial charge in [-0.2, -0.15) is 0 Å². The molecule has 0 aromatic heterocycles. The zero-order valence-electron chi connectivity index (χ0n) is 9.94. The summed E-state index contributed by atoms with van der Waals surface area (Å²) in [5.41, 5.74) is 0. The number of carboxylic acids is 1. The van der Waals surface area contributed by atoms with Gasteiger partial charge in [0.15, 0.2) is 0 Å². The summed E-state index contributed by atoms with van der Waals surface area (Å²) in [4.78, 5) is 15.3. The molecule has 1 saturated heterocycles. The van der Waals surface area contributed by atoms with Gasteiger partial charge in [0.25, 0.3) is 0 Å². The first kappa shape index (κ1) is 12.5. The van der Waals surface area contributed by atoms with Crippen molar-refractivity contribution in [2.24, 2.45) is 0 Å². The van der Waals surface area contributed by atoms with Crippen molar-refractivity contribution in [1.29, 1.82) is 0 Å². The standard InChI is InChI=1S/C11H22N2O2/c1-9(7-11(14)15)13-6-4-5-12(3)8-10(13)2/h9-10H,4-8H2,1-3H3,(H,14,15). The number of hydrogen-bond donors (Lipinski definition) is 1. The van der Waals surface area contributed by atoms with Crippen molar-refractivity contribution >= 4 is 5.97 Å². The summed E-state index contributed by atoms with van der Waals surface area (Å²) in [6.07, 6.45) is 1.37. The van der Waals surface area contributed by atoms with Gasteiger partial charge in [-0.05, 0) is 40.4 Å². The van der Waals surface area contributed by atoms with Crippen molar-refractivity contribution < 1.29 is 9.90 Å². The molecule has 1 N–H and O–H groups in total. The summed E-state index contributed by atoms with van der Waals surface area (Å²) in [6, 6.07) is 0.593. The van der Waals surface area contributed by atoms with Crippen LogP contribution in [0.1, 0.15) is 26.7 Å². The van der Waals surface area contributed by atoms with E-state index in [1.54, 1.807) is 0 Å². The van der Waals surface area contributed by atoms with Crippen LogP contribution >= 0.6 is 0 Å². The van der Waals surface area contributed by atoms with E-state index >= 15 is 0 Å². The van der Waals surface area contributed by atoms with Gasteiger partial charge in [-0.25, -0.2) is 0 Å². The molecule has 1 fully saturated rings. The van der Waals surface area contributed by atoms with E-state index in [9.17, 15) is 4.79 Å². The molecule has 0 aromatic rings. The van der Waals surface area contributed by atoms with E-state index in [1.165, 1.54) is 0 Å². The van der Waals surface area contributed by atoms with Crippen molar-refractivity contribution in [2.45, 2.75) is 38.8 Å². The molecule has 1 aliphatic rings. The van der Waals surface area contributed by atoms with Crippen LogP contribution in [0.15, 0.2) is 0 Å². The summed E-state index contributed by atoms with van der Waals surface area (Å²) in [7, 11) is 2.13. The van der Waals surface area contributed by atoms with Gasteiger partial charge in [0.05, 0.1) is 6.42 Å². The molecule has 15 heavy (non-hydrogen) atoms. The van der Waals surface area contributed by atoms with Crippen LogP contribution in [0, 0.1) is 0 Å². The minimum absolute atomic E-state index is 0.143. The first-order valence-electron chi connectivity index (χ1n) is 5.66. The Balaban J connectivity index is 2.54. The predicted molar refractivity (Wildman–Crippen MR) is 60.0 cm³/mol. The summed E-state index contributed by atoms with van der Waals surface area (Å²) >= 11 is 0. The third kappa shape index (κ3) is 3.80. The highest BCUT2D eigenvalue weighted by Gasteiger charge is 2.24. The fraction of sp³-hybridized carbons (Fsp3) is 0.909. The van der Waals surface area contributed by atoms with E-state index in [0.29, 0.717) is 6.04 Å². The maximum Gasteiger partial charge on any atom is 0.304 e. The number of carbonyl (C=O) groups is 1. The first-order valence-corrected chi connectivity index (χ1v) is 5.66. The average Bonchev–Trinajstić information content (AvgIpc) is 2.25. The molecule has 1 heterocycles. The summed E-state index contributed by atoms with van der Waals surface area (Å²) in [5.74, 6) is -0.702. The smallest absolute Gasteiger partial charge is 0.304 e. The lowest BCUT2D eigenvalue weighted by atomic mass is 10.1. The molecule has 4 heteroatoms. The van der Waals surface area contributed by atoms with E-state index in [0.717, 1.165) is 26.1 Å². The molecule has 0 spiro atoms. The lowest BCUT2D eigenvalue weighted by Gasteiger charge is -2.32. The first-order chi connectivity index (χ1) is 7.00. The monoisotopic (exact) mass is 214 g/mol. The molecule has 1 rings (SSSR count). The Bertz CT molecular complexity index is 221. The molecule has 2 atom stereocenters. The molecule has 0 aromatic carbocycles. The largest absolute Gasteiger partial charge is 0.481 e. The molecule has 1 aliphatic heterocycles. The van der Waals surface area contributed by atoms with E-state index < -0.39 is 5.97 Å². The second kappa shape index (κ2) is 5.47. The number of hydrogen-bond acceptors (Lipinski definition) is 3. The Morgan fingerprint density at radius 1 is 1.53 bits per heavy atom. The van der Waals surface area contributed by atoms with Crippen LogP contribution in [0.25, 0.3) is 0 Å². The predicted octanol–water partition coefficient (Wildman–Crippen LogP) is 0.876. The number of rotatable bonds is 3. The van der Waals surface area contributed by atoms with Crippen LogP contribution in [0.2, 0.25) is 0 Å². The number of carboxylic acid groups (broad SMARTS) is 1. The molecule has 2 unspecified atom stereocenters. The van der Waals surface area contributed by atoms with Crippen molar-refractivity contribution in [2.75, 3.05) is 26.7 Å². The average molecular weight is 214 g/mol. The topological polar surface area (TPSA) is 43.8 Å². The van der Waals surface area contributed by atoms with Crippen LogP contribution < -0.4 is 0 Å².